The number of pyridine rings is 3. The number of benzene rings is 2. The van der Waals surface area contributed by atoms with Gasteiger partial charge in [0.2, 0.25) is 0 Å². The van der Waals surface area contributed by atoms with Crippen LogP contribution in [0.25, 0.3) is 79.2 Å². The van der Waals surface area contributed by atoms with Gasteiger partial charge in [-0.05, 0) is 149 Å². The average Bonchev–Trinajstić information content (AvgIpc) is 0.892. The molecule has 1 fully saturated rings. The van der Waals surface area contributed by atoms with Gasteiger partial charge in [-0.3, -0.25) is 15.0 Å². The second-order valence-corrected chi connectivity index (χ2v) is 27.6. The number of terminal acetylenes is 1. The number of nitrogens with zero attached hydrogens (tertiary/aromatic N) is 15. The molecule has 520 valence electrons. The molecule has 0 radical (unpaired) electrons. The van der Waals surface area contributed by atoms with Gasteiger partial charge in [0.15, 0.2) is 46.1 Å². The highest BCUT2D eigenvalue weighted by Gasteiger charge is 2.36. The number of anilines is 3. The number of ether oxygens (including phenoxy) is 3. The number of hydrogen-bond donors (Lipinski definition) is 3. The van der Waals surface area contributed by atoms with Crippen molar-refractivity contribution in [2.45, 2.75) is 142 Å². The van der Waals surface area contributed by atoms with E-state index in [1.54, 1.807) is 105 Å². The first kappa shape index (κ1) is 74.4. The van der Waals surface area contributed by atoms with Crippen molar-refractivity contribution in [3.8, 4) is 110 Å². The first-order chi connectivity index (χ1) is 48.4. The number of rotatable bonds is 15. The van der Waals surface area contributed by atoms with Gasteiger partial charge in [-0.1, -0.05) is 58.8 Å². The highest BCUT2D eigenvalue weighted by Crippen LogP contribution is 2.35. The predicted molar refractivity (Wildman–Crippen MR) is 386 cm³/mol. The maximum atomic E-state index is 12.9. The summed E-state index contributed by atoms with van der Waals surface area (Å²) >= 11 is 5.85. The van der Waals surface area contributed by atoms with Gasteiger partial charge in [0.05, 0.1) is 87.2 Å². The van der Waals surface area contributed by atoms with Crippen LogP contribution in [0.15, 0.2) is 143 Å². The standard InChI is InChI=1S/C28H29N7O2.C25H29N5O4.C23H19ClN6O/c1-28(2,17-29)25-13-20(7-10-31-25)23-16-33-27(30)26(34-23)24-14-22(35-37-24)19-5-3-18(4-6-19)15-32-21-8-11-36-12-9-21;1-10-17-20(30(21(31)33-23(2,3)4)22(32)34-24(5,6)7)28-14-18(29-17)16-11-12-27-19(13-16)25(8,9)15-26;1-23(2,13-25)20-9-16(7-8-27-20)18-12-28-22(26)21(29-18)19-10-17(30-31-19)15-5-3-14(11-24)4-6-15/h3-7,10,13-14,16,21,32H,8-9,11-12,15H2,1-2H3,(H2,30,33);1,11-14H,2-9H3;3-10,12H,11H2,1-2H3,(H2,26,28). The van der Waals surface area contributed by atoms with Crippen molar-refractivity contribution < 1.29 is 32.8 Å². The van der Waals surface area contributed by atoms with Gasteiger partial charge in [-0.2, -0.15) is 20.7 Å². The van der Waals surface area contributed by atoms with Crippen molar-refractivity contribution in [3.05, 3.63) is 168 Å². The van der Waals surface area contributed by atoms with Crippen LogP contribution in [-0.4, -0.2) is 97.8 Å². The fourth-order valence-electron chi connectivity index (χ4n) is 9.82. The molecule has 1 aliphatic heterocycles. The Hall–Kier alpha value is -11.9. The molecule has 1 aliphatic rings. The van der Waals surface area contributed by atoms with Crippen molar-refractivity contribution >= 4 is 41.2 Å². The number of imide groups is 1. The topological polar surface area (TPSA) is 369 Å². The summed E-state index contributed by atoms with van der Waals surface area (Å²) in [5.41, 5.74) is 19.9. The number of carbonyl (C=O) groups excluding carboxylic acids is 2. The van der Waals surface area contributed by atoms with Gasteiger partial charge < -0.3 is 40.0 Å². The van der Waals surface area contributed by atoms with E-state index in [0.717, 1.165) is 60.4 Å². The van der Waals surface area contributed by atoms with E-state index in [1.165, 1.54) is 11.8 Å². The van der Waals surface area contributed by atoms with Gasteiger partial charge in [0.25, 0.3) is 0 Å². The summed E-state index contributed by atoms with van der Waals surface area (Å²) in [6.45, 7) is 23.2. The molecule has 8 aromatic heterocycles. The molecule has 0 atom stereocenters. The fourth-order valence-corrected chi connectivity index (χ4v) is 10.00. The Bertz CT molecular complexity index is 4800. The van der Waals surface area contributed by atoms with E-state index in [-0.39, 0.29) is 23.1 Å². The van der Waals surface area contributed by atoms with Crippen LogP contribution >= 0.6 is 11.6 Å². The fraction of sp³-hybridized carbons (Fsp3) is 0.316. The third kappa shape index (κ3) is 18.7. The molecule has 5 N–H and O–H groups in total. The maximum absolute atomic E-state index is 12.9. The van der Waals surface area contributed by atoms with Crippen LogP contribution < -0.4 is 21.7 Å². The molecule has 9 heterocycles. The molecule has 1 saturated heterocycles. The number of nitriles is 3. The summed E-state index contributed by atoms with van der Waals surface area (Å²) in [6, 6.07) is 37.5. The molecule has 0 bridgehead atoms. The number of nitrogens with one attached hydrogen (secondary N) is 1. The van der Waals surface area contributed by atoms with Crippen molar-refractivity contribution in [1.82, 2.24) is 60.5 Å². The minimum Gasteiger partial charge on any atom is -0.443 e. The minimum atomic E-state index is -0.998. The molecule has 26 heteroatoms. The molecular weight excluding hydrogens is 1310 g/mol. The molecule has 0 saturated carbocycles. The van der Waals surface area contributed by atoms with Crippen LogP contribution in [0.3, 0.4) is 0 Å². The second kappa shape index (κ2) is 31.5. The van der Waals surface area contributed by atoms with Crippen molar-refractivity contribution in [3.63, 3.8) is 0 Å². The summed E-state index contributed by atoms with van der Waals surface area (Å²) < 4.78 is 27.3. The van der Waals surface area contributed by atoms with E-state index in [0.29, 0.717) is 90.8 Å². The smallest absolute Gasteiger partial charge is 0.425 e. The SMILES string of the molecule is C#Cc1nc(-c2ccnc(C(C)(C)C#N)c2)cnc1N(C(=O)OC(C)(C)C)C(=O)OC(C)(C)C.CC(C)(C#N)c1cc(-c2cnc(N)c(-c3cc(-c4ccc(CCl)cc4)no3)n2)ccn1.CC(C)(C#N)c1cc(-c2cnc(N)c(-c3cc(-c4ccc(CNC5CCOCC5)cc4)no3)n2)ccn1. The summed E-state index contributed by atoms with van der Waals surface area (Å²) in [4.78, 5) is 66.1. The second-order valence-electron chi connectivity index (χ2n) is 27.3. The highest BCUT2D eigenvalue weighted by atomic mass is 35.5. The van der Waals surface area contributed by atoms with Crippen LogP contribution in [0.4, 0.5) is 27.0 Å². The lowest BCUT2D eigenvalue weighted by molar-refractivity contribution is 0.0428. The monoisotopic (exact) mass is 1390 g/mol. The average molecular weight is 1390 g/mol. The molecule has 25 nitrogen and oxygen atoms in total. The Morgan fingerprint density at radius 2 is 0.941 bits per heavy atom. The van der Waals surface area contributed by atoms with E-state index >= 15 is 0 Å². The first-order valence-corrected chi connectivity index (χ1v) is 32.9. The van der Waals surface area contributed by atoms with E-state index in [9.17, 15) is 25.4 Å². The summed E-state index contributed by atoms with van der Waals surface area (Å²) in [5, 5.41) is 40.3. The molecule has 0 spiro atoms. The van der Waals surface area contributed by atoms with E-state index in [4.69, 9.17) is 57.7 Å². The number of amides is 2. The Balaban J connectivity index is 0.000000179. The van der Waals surface area contributed by atoms with Gasteiger partial charge >= 0.3 is 12.2 Å². The molecule has 11 rings (SSSR count). The predicted octanol–water partition coefficient (Wildman–Crippen LogP) is 14.5. The maximum Gasteiger partial charge on any atom is 0.425 e. The number of hydrogen-bond acceptors (Lipinski definition) is 24. The van der Waals surface area contributed by atoms with Crippen molar-refractivity contribution in [2.24, 2.45) is 0 Å². The Labute approximate surface area is 596 Å². The number of aromatic nitrogens is 11. The minimum absolute atomic E-state index is 0.0628. The van der Waals surface area contributed by atoms with Crippen LogP contribution in [0.5, 0.6) is 0 Å². The van der Waals surface area contributed by atoms with Crippen LogP contribution in [0.1, 0.15) is 130 Å². The van der Waals surface area contributed by atoms with Crippen LogP contribution in [-0.2, 0) is 42.9 Å². The van der Waals surface area contributed by atoms with Gasteiger partial charge in [-0.15, -0.1) is 18.0 Å². The lowest BCUT2D eigenvalue weighted by Crippen LogP contribution is -2.44. The highest BCUT2D eigenvalue weighted by molar-refractivity contribution is 6.17. The molecule has 0 aliphatic carbocycles. The van der Waals surface area contributed by atoms with E-state index in [1.807, 2.05) is 94.4 Å². The number of alkyl halides is 1. The third-order valence-electron chi connectivity index (χ3n) is 15.7. The molecule has 10 aromatic rings. The number of halogens is 1. The van der Waals surface area contributed by atoms with Gasteiger partial charge in [0.1, 0.15) is 22.6 Å². The third-order valence-corrected chi connectivity index (χ3v) is 16.0. The van der Waals surface area contributed by atoms with Crippen molar-refractivity contribution in [2.75, 3.05) is 29.6 Å². The summed E-state index contributed by atoms with van der Waals surface area (Å²) in [5.74, 6) is 3.95. The Morgan fingerprint density at radius 3 is 1.32 bits per heavy atom. The summed E-state index contributed by atoms with van der Waals surface area (Å²) in [7, 11) is 0. The van der Waals surface area contributed by atoms with Gasteiger partial charge in [-0.25, -0.2) is 39.5 Å². The summed E-state index contributed by atoms with van der Waals surface area (Å²) in [6.07, 6.45) is 15.2. The normalized spacial score (nSPS) is 12.6. The number of nitrogens with two attached hydrogens (primary N) is 2. The molecule has 0 unspecified atom stereocenters. The molecule has 2 amide bonds. The lowest BCUT2D eigenvalue weighted by Gasteiger charge is -2.28. The molecule has 2 aromatic carbocycles. The zero-order valence-corrected chi connectivity index (χ0v) is 59.5. The van der Waals surface area contributed by atoms with Crippen LogP contribution in [0.2, 0.25) is 0 Å². The van der Waals surface area contributed by atoms with E-state index in [2.05, 4.69) is 91.8 Å². The van der Waals surface area contributed by atoms with Crippen LogP contribution in [0, 0.1) is 46.3 Å². The van der Waals surface area contributed by atoms with Crippen molar-refractivity contribution in [1.29, 1.82) is 15.8 Å². The number of carbonyl (C=O) groups is 2. The lowest BCUT2D eigenvalue weighted by atomic mass is 9.90. The van der Waals surface area contributed by atoms with Gasteiger partial charge in [0, 0.05) is 90.2 Å². The zero-order valence-electron chi connectivity index (χ0n) is 58.7. The molecular formula is C76H77ClN18O7. The number of nitrogen functional groups attached to an aromatic ring is 2. The molecule has 102 heavy (non-hydrogen) atoms. The quantitative estimate of drug-likeness (QED) is 0.0634. The van der Waals surface area contributed by atoms with E-state index < -0.39 is 39.6 Å². The Morgan fingerprint density at radius 1 is 0.549 bits per heavy atom. The zero-order chi connectivity index (χ0) is 73.7. The Kier molecular flexibility index (Phi) is 23.0. The first-order valence-electron chi connectivity index (χ1n) is 32.4. The largest absolute Gasteiger partial charge is 0.443 e.